The van der Waals surface area contributed by atoms with E-state index < -0.39 is 6.04 Å². The second-order valence-electron chi connectivity index (χ2n) is 6.52. The first-order valence-electron chi connectivity index (χ1n) is 9.22. The van der Waals surface area contributed by atoms with Crippen LogP contribution in [0.5, 0.6) is 5.75 Å². The molecule has 0 saturated carbocycles. The number of rotatable bonds is 9. The molecule has 6 nitrogen and oxygen atoms in total. The number of carbonyl (C=O) groups is 2. The summed E-state index contributed by atoms with van der Waals surface area (Å²) < 4.78 is 10.7. The molecule has 2 rings (SSSR count). The summed E-state index contributed by atoms with van der Waals surface area (Å²) >= 11 is 0. The van der Waals surface area contributed by atoms with Crippen LogP contribution in [0.25, 0.3) is 0 Å². The minimum Gasteiger partial charge on any atom is -0.496 e. The molecule has 2 aromatic rings. The van der Waals surface area contributed by atoms with E-state index in [0.717, 1.165) is 11.1 Å². The highest BCUT2D eigenvalue weighted by Crippen LogP contribution is 2.30. The summed E-state index contributed by atoms with van der Waals surface area (Å²) in [6.45, 7) is 3.82. The Hall–Kier alpha value is -2.86. The van der Waals surface area contributed by atoms with Crippen molar-refractivity contribution in [1.82, 2.24) is 10.2 Å². The van der Waals surface area contributed by atoms with Crippen LogP contribution in [-0.2, 0) is 20.9 Å². The lowest BCUT2D eigenvalue weighted by Crippen LogP contribution is -2.52. The number of benzene rings is 2. The molecule has 28 heavy (non-hydrogen) atoms. The topological polar surface area (TPSA) is 67.9 Å². The van der Waals surface area contributed by atoms with Gasteiger partial charge in [-0.3, -0.25) is 9.59 Å². The van der Waals surface area contributed by atoms with Crippen molar-refractivity contribution in [2.24, 2.45) is 0 Å². The lowest BCUT2D eigenvalue weighted by atomic mass is 10.0. The van der Waals surface area contributed by atoms with E-state index in [1.165, 1.54) is 14.0 Å². The van der Waals surface area contributed by atoms with E-state index in [9.17, 15) is 9.59 Å². The Morgan fingerprint density at radius 2 is 1.68 bits per heavy atom. The average molecular weight is 384 g/mol. The molecule has 2 aromatic carbocycles. The van der Waals surface area contributed by atoms with E-state index in [4.69, 9.17) is 9.47 Å². The molecule has 0 aromatic heterocycles. The molecule has 0 fully saturated rings. The monoisotopic (exact) mass is 384 g/mol. The van der Waals surface area contributed by atoms with Crippen LogP contribution in [0.2, 0.25) is 0 Å². The molecule has 0 bridgehead atoms. The van der Waals surface area contributed by atoms with Gasteiger partial charge in [0.1, 0.15) is 11.8 Å². The lowest BCUT2D eigenvalue weighted by molar-refractivity contribution is -0.143. The SMILES string of the molecule is COCC(C(=O)NCc1ccccc1)N(C(C)=O)[C@H](C)c1ccccc1OC. The number of hydrogen-bond donors (Lipinski definition) is 1. The third kappa shape index (κ3) is 5.33. The number of para-hydroxylation sites is 1. The zero-order valence-electron chi connectivity index (χ0n) is 16.8. The van der Waals surface area contributed by atoms with Crippen LogP contribution in [0.3, 0.4) is 0 Å². The van der Waals surface area contributed by atoms with Gasteiger partial charge in [0.05, 0.1) is 19.8 Å². The molecule has 0 aliphatic heterocycles. The van der Waals surface area contributed by atoms with Gasteiger partial charge in [0.2, 0.25) is 11.8 Å². The van der Waals surface area contributed by atoms with Gasteiger partial charge in [-0.25, -0.2) is 0 Å². The van der Waals surface area contributed by atoms with Gasteiger partial charge in [-0.15, -0.1) is 0 Å². The second-order valence-corrected chi connectivity index (χ2v) is 6.52. The van der Waals surface area contributed by atoms with Gasteiger partial charge in [0, 0.05) is 26.1 Å². The summed E-state index contributed by atoms with van der Waals surface area (Å²) in [4.78, 5) is 27.0. The highest BCUT2D eigenvalue weighted by atomic mass is 16.5. The van der Waals surface area contributed by atoms with Crippen LogP contribution in [0.1, 0.15) is 31.0 Å². The number of nitrogens with zero attached hydrogens (tertiary/aromatic N) is 1. The van der Waals surface area contributed by atoms with E-state index in [2.05, 4.69) is 5.32 Å². The highest BCUT2D eigenvalue weighted by molar-refractivity contribution is 5.87. The number of ether oxygens (including phenoxy) is 2. The fourth-order valence-electron chi connectivity index (χ4n) is 3.27. The fraction of sp³-hybridized carbons (Fsp3) is 0.364. The summed E-state index contributed by atoms with van der Waals surface area (Å²) in [5.74, 6) is 0.195. The molecule has 6 heteroatoms. The first-order valence-corrected chi connectivity index (χ1v) is 9.22. The highest BCUT2D eigenvalue weighted by Gasteiger charge is 2.33. The van der Waals surface area contributed by atoms with Crippen molar-refractivity contribution in [2.45, 2.75) is 32.5 Å². The van der Waals surface area contributed by atoms with Crippen LogP contribution < -0.4 is 10.1 Å². The maximum atomic E-state index is 12.9. The Balaban J connectivity index is 2.25. The zero-order valence-corrected chi connectivity index (χ0v) is 16.8. The molecule has 0 radical (unpaired) electrons. The Morgan fingerprint density at radius 1 is 1.04 bits per heavy atom. The van der Waals surface area contributed by atoms with Crippen molar-refractivity contribution in [3.05, 3.63) is 65.7 Å². The maximum absolute atomic E-state index is 12.9. The Morgan fingerprint density at radius 3 is 2.29 bits per heavy atom. The summed E-state index contributed by atoms with van der Waals surface area (Å²) in [7, 11) is 3.10. The van der Waals surface area contributed by atoms with Gasteiger partial charge in [0.15, 0.2) is 0 Å². The van der Waals surface area contributed by atoms with Gasteiger partial charge in [-0.05, 0) is 18.6 Å². The molecule has 0 heterocycles. The predicted molar refractivity (Wildman–Crippen MR) is 108 cm³/mol. The number of methoxy groups -OCH3 is 2. The summed E-state index contributed by atoms with van der Waals surface area (Å²) in [6.07, 6.45) is 0. The predicted octanol–water partition coefficient (Wildman–Crippen LogP) is 2.94. The minimum absolute atomic E-state index is 0.0969. The minimum atomic E-state index is -0.758. The summed E-state index contributed by atoms with van der Waals surface area (Å²) in [6, 6.07) is 16.0. The van der Waals surface area contributed by atoms with Crippen LogP contribution in [0, 0.1) is 0 Å². The molecule has 0 saturated heterocycles. The Labute approximate surface area is 166 Å². The fourth-order valence-corrected chi connectivity index (χ4v) is 3.27. The lowest BCUT2D eigenvalue weighted by Gasteiger charge is -2.35. The van der Waals surface area contributed by atoms with Crippen molar-refractivity contribution in [2.75, 3.05) is 20.8 Å². The third-order valence-corrected chi connectivity index (χ3v) is 4.64. The normalized spacial score (nSPS) is 12.7. The van der Waals surface area contributed by atoms with Gasteiger partial charge in [0.25, 0.3) is 0 Å². The van der Waals surface area contributed by atoms with Crippen molar-refractivity contribution in [3.63, 3.8) is 0 Å². The molecule has 0 aliphatic rings. The van der Waals surface area contributed by atoms with Gasteiger partial charge >= 0.3 is 0 Å². The van der Waals surface area contributed by atoms with E-state index in [0.29, 0.717) is 12.3 Å². The van der Waals surface area contributed by atoms with E-state index in [1.807, 2.05) is 61.5 Å². The first-order chi connectivity index (χ1) is 13.5. The smallest absolute Gasteiger partial charge is 0.245 e. The Kier molecular flexibility index (Phi) is 8.02. The molecule has 150 valence electrons. The number of carbonyl (C=O) groups excluding carboxylic acids is 2. The number of amides is 2. The molecule has 0 spiro atoms. The maximum Gasteiger partial charge on any atom is 0.245 e. The van der Waals surface area contributed by atoms with Crippen molar-refractivity contribution in [3.8, 4) is 5.75 Å². The van der Waals surface area contributed by atoms with Crippen LogP contribution >= 0.6 is 0 Å². The molecule has 2 amide bonds. The zero-order chi connectivity index (χ0) is 20.5. The molecule has 1 unspecified atom stereocenters. The van der Waals surface area contributed by atoms with E-state index in [1.54, 1.807) is 12.0 Å². The Bertz CT molecular complexity index is 779. The number of nitrogens with one attached hydrogen (secondary N) is 1. The van der Waals surface area contributed by atoms with Crippen LogP contribution in [-0.4, -0.2) is 43.6 Å². The molecule has 0 aliphatic carbocycles. The van der Waals surface area contributed by atoms with E-state index in [-0.39, 0.29) is 24.5 Å². The average Bonchev–Trinajstić information content (AvgIpc) is 2.72. The molecular weight excluding hydrogens is 356 g/mol. The molecule has 1 N–H and O–H groups in total. The van der Waals surface area contributed by atoms with Crippen LogP contribution in [0.4, 0.5) is 0 Å². The van der Waals surface area contributed by atoms with E-state index >= 15 is 0 Å². The quantitative estimate of drug-likeness (QED) is 0.722. The largest absolute Gasteiger partial charge is 0.496 e. The standard InChI is InChI=1S/C22H28N2O4/c1-16(19-12-8-9-13-21(19)28-4)24(17(2)25)20(15-27-3)22(26)23-14-18-10-6-5-7-11-18/h5-13,16,20H,14-15H2,1-4H3,(H,23,26)/t16-,20?/m1/s1. The van der Waals surface area contributed by atoms with Crippen LogP contribution in [0.15, 0.2) is 54.6 Å². The number of hydrogen-bond acceptors (Lipinski definition) is 4. The summed E-state index contributed by atoms with van der Waals surface area (Å²) in [5.41, 5.74) is 1.82. The van der Waals surface area contributed by atoms with Gasteiger partial charge in [-0.1, -0.05) is 48.5 Å². The first kappa shape index (κ1) is 21.4. The summed E-state index contributed by atoms with van der Waals surface area (Å²) in [5, 5.41) is 2.91. The van der Waals surface area contributed by atoms with Gasteiger partial charge in [-0.2, -0.15) is 0 Å². The second kappa shape index (κ2) is 10.5. The molecule has 2 atom stereocenters. The third-order valence-electron chi connectivity index (χ3n) is 4.64. The van der Waals surface area contributed by atoms with Crippen molar-refractivity contribution >= 4 is 11.8 Å². The molecular formula is C22H28N2O4. The van der Waals surface area contributed by atoms with Crippen molar-refractivity contribution < 1.29 is 19.1 Å². The van der Waals surface area contributed by atoms with Crippen molar-refractivity contribution in [1.29, 1.82) is 0 Å². The van der Waals surface area contributed by atoms with Gasteiger partial charge < -0.3 is 19.7 Å².